The number of aromatic nitrogens is 2. The summed E-state index contributed by atoms with van der Waals surface area (Å²) in [6.45, 7) is 4.52. The second-order valence-corrected chi connectivity index (χ2v) is 10.1. The predicted octanol–water partition coefficient (Wildman–Crippen LogP) is 5.19. The number of amides is 3. The molecule has 0 spiro atoms. The topological polar surface area (TPSA) is 80.1 Å². The Morgan fingerprint density at radius 3 is 2.71 bits per heavy atom. The van der Waals surface area contributed by atoms with Crippen LogP contribution in [0, 0.1) is 0 Å². The minimum Gasteiger partial charge on any atom is -0.493 e. The molecule has 204 valence electrons. The summed E-state index contributed by atoms with van der Waals surface area (Å²) in [6, 6.07) is 5.53. The lowest BCUT2D eigenvalue weighted by atomic mass is 10.1. The number of methoxy groups -OCH3 is 1. The Balaban J connectivity index is 1.55. The number of urea groups is 1. The number of likely N-dealkylation sites (N-methyl/N-ethyl adjacent to an activating group) is 1. The summed E-state index contributed by atoms with van der Waals surface area (Å²) in [6.07, 6.45) is 9.20. The summed E-state index contributed by atoms with van der Waals surface area (Å²) in [5, 5.41) is 1.34. The van der Waals surface area contributed by atoms with Crippen LogP contribution in [0.2, 0.25) is 5.02 Å². The molecule has 1 saturated heterocycles. The van der Waals surface area contributed by atoms with Gasteiger partial charge in [0.1, 0.15) is 6.54 Å². The number of hydrogen-bond acceptors (Lipinski definition) is 5. The minimum atomic E-state index is -0.0892. The first-order chi connectivity index (χ1) is 18.3. The van der Waals surface area contributed by atoms with Crippen molar-refractivity contribution in [2.45, 2.75) is 45.7 Å². The van der Waals surface area contributed by atoms with E-state index in [1.165, 1.54) is 0 Å². The minimum absolute atomic E-state index is 0.0426. The van der Waals surface area contributed by atoms with E-state index in [2.05, 4.69) is 11.9 Å². The number of anilines is 1. The number of halogens is 1. The number of pyridine rings is 1. The van der Waals surface area contributed by atoms with E-state index in [4.69, 9.17) is 21.1 Å². The molecule has 3 amide bonds. The summed E-state index contributed by atoms with van der Waals surface area (Å²) in [5.74, 6) is 1.25. The number of carbonyl (C=O) groups is 2. The molecular weight excluding hydrogens is 506 g/mol. The third-order valence-corrected chi connectivity index (χ3v) is 7.05. The van der Waals surface area contributed by atoms with Gasteiger partial charge in [-0.25, -0.2) is 4.79 Å². The third kappa shape index (κ3) is 5.99. The van der Waals surface area contributed by atoms with Crippen molar-refractivity contribution in [3.8, 4) is 11.5 Å². The molecule has 0 aliphatic carbocycles. The molecule has 0 radical (unpaired) electrons. The van der Waals surface area contributed by atoms with Gasteiger partial charge in [0.2, 0.25) is 5.91 Å². The molecule has 9 nitrogen and oxygen atoms in total. The van der Waals surface area contributed by atoms with Crippen molar-refractivity contribution >= 4 is 40.1 Å². The van der Waals surface area contributed by atoms with Gasteiger partial charge < -0.3 is 23.8 Å². The van der Waals surface area contributed by atoms with Crippen LogP contribution in [0.1, 0.15) is 38.2 Å². The second kappa shape index (κ2) is 12.4. The van der Waals surface area contributed by atoms with E-state index >= 15 is 0 Å². The molecule has 0 bridgehead atoms. The first kappa shape index (κ1) is 27.6. The summed E-state index contributed by atoms with van der Waals surface area (Å²) in [5.41, 5.74) is 2.38. The Labute approximate surface area is 228 Å². The number of ether oxygens (including phenoxy) is 2. The highest BCUT2D eigenvalue weighted by atomic mass is 35.5. The van der Waals surface area contributed by atoms with Gasteiger partial charge in [0, 0.05) is 68.8 Å². The molecule has 0 unspecified atom stereocenters. The highest BCUT2D eigenvalue weighted by molar-refractivity contribution is 6.36. The Kier molecular flexibility index (Phi) is 8.99. The number of rotatable bonds is 11. The molecule has 1 aliphatic heterocycles. The van der Waals surface area contributed by atoms with Crippen molar-refractivity contribution in [3.63, 3.8) is 0 Å². The molecule has 10 heteroatoms. The molecule has 0 N–H and O–H groups in total. The summed E-state index contributed by atoms with van der Waals surface area (Å²) < 4.78 is 13.3. The van der Waals surface area contributed by atoms with Crippen LogP contribution in [0.3, 0.4) is 0 Å². The zero-order valence-corrected chi connectivity index (χ0v) is 23.3. The van der Waals surface area contributed by atoms with E-state index in [0.717, 1.165) is 47.8 Å². The van der Waals surface area contributed by atoms with Gasteiger partial charge in [-0.1, -0.05) is 31.4 Å². The van der Waals surface area contributed by atoms with Gasteiger partial charge in [0.25, 0.3) is 0 Å². The van der Waals surface area contributed by atoms with E-state index in [1.807, 2.05) is 23.1 Å². The van der Waals surface area contributed by atoms with Crippen LogP contribution >= 0.6 is 11.6 Å². The first-order valence-electron chi connectivity index (χ1n) is 13.0. The number of hydrogen-bond donors (Lipinski definition) is 0. The van der Waals surface area contributed by atoms with Gasteiger partial charge in [-0.2, -0.15) is 0 Å². The van der Waals surface area contributed by atoms with Crippen molar-refractivity contribution in [3.05, 3.63) is 47.4 Å². The Morgan fingerprint density at radius 1 is 1.16 bits per heavy atom. The molecule has 3 aromatic rings. The largest absolute Gasteiger partial charge is 0.493 e. The van der Waals surface area contributed by atoms with Crippen LogP contribution in [0.25, 0.3) is 10.9 Å². The number of fused-ring (bicyclic) bond motifs is 1. The predicted molar refractivity (Wildman–Crippen MR) is 149 cm³/mol. The van der Waals surface area contributed by atoms with Crippen LogP contribution in [0.15, 0.2) is 36.8 Å². The van der Waals surface area contributed by atoms with Crippen molar-refractivity contribution in [2.24, 2.45) is 0 Å². The van der Waals surface area contributed by atoms with E-state index in [-0.39, 0.29) is 18.5 Å². The number of unbranched alkanes of at least 4 members (excludes halogenated alkanes) is 2. The monoisotopic (exact) mass is 541 g/mol. The number of carbonyl (C=O) groups excluding carboxylic acids is 2. The fourth-order valence-corrected chi connectivity index (χ4v) is 4.98. The Hall–Kier alpha value is -3.46. The Morgan fingerprint density at radius 2 is 1.97 bits per heavy atom. The molecule has 1 fully saturated rings. The van der Waals surface area contributed by atoms with Crippen molar-refractivity contribution in [1.82, 2.24) is 19.4 Å². The molecule has 1 aliphatic rings. The zero-order valence-electron chi connectivity index (χ0n) is 22.6. The lowest BCUT2D eigenvalue weighted by molar-refractivity contribution is -0.129. The van der Waals surface area contributed by atoms with Crippen LogP contribution in [-0.4, -0.2) is 72.2 Å². The van der Waals surface area contributed by atoms with Crippen LogP contribution in [-0.2, 0) is 17.9 Å². The molecule has 1 aromatic carbocycles. The maximum Gasteiger partial charge on any atom is 0.324 e. The quantitative estimate of drug-likeness (QED) is 0.312. The molecule has 0 saturated carbocycles. The van der Waals surface area contributed by atoms with Crippen molar-refractivity contribution in [2.75, 3.05) is 45.8 Å². The maximum atomic E-state index is 13.6. The fraction of sp³-hybridized carbons (Fsp3) is 0.464. The van der Waals surface area contributed by atoms with Crippen LogP contribution < -0.4 is 14.4 Å². The zero-order chi connectivity index (χ0) is 27.2. The SMILES string of the molecule is CCCCCOc1cc(N2CCCN(Cc3cncc4c3c(Cl)cn4CC(=O)N(C)C)C2=O)ccc1OC. The van der Waals surface area contributed by atoms with Gasteiger partial charge in [-0.15, -0.1) is 0 Å². The van der Waals surface area contributed by atoms with Crippen molar-refractivity contribution < 1.29 is 19.1 Å². The van der Waals surface area contributed by atoms with Gasteiger partial charge in [-0.05, 0) is 25.0 Å². The average Bonchev–Trinajstić information content (AvgIpc) is 3.23. The van der Waals surface area contributed by atoms with E-state index in [9.17, 15) is 9.59 Å². The molecule has 38 heavy (non-hydrogen) atoms. The standard InChI is InChI=1S/C28H36ClN5O4/c1-5-6-7-13-38-25-14-21(9-10-24(25)37-4)34-12-8-11-32(28(34)36)17-20-15-30-16-23-27(20)22(29)18-33(23)19-26(35)31(2)3/h9-10,14-16,18H,5-8,11-13,17,19H2,1-4H3. The normalized spacial score (nSPS) is 13.8. The smallest absolute Gasteiger partial charge is 0.324 e. The lowest BCUT2D eigenvalue weighted by Crippen LogP contribution is -2.49. The third-order valence-electron chi connectivity index (χ3n) is 6.76. The van der Waals surface area contributed by atoms with E-state index in [0.29, 0.717) is 42.8 Å². The highest BCUT2D eigenvalue weighted by Gasteiger charge is 2.28. The first-order valence-corrected chi connectivity index (χ1v) is 13.4. The highest BCUT2D eigenvalue weighted by Crippen LogP contribution is 2.34. The van der Waals surface area contributed by atoms with Gasteiger partial charge in [-0.3, -0.25) is 14.7 Å². The summed E-state index contributed by atoms with van der Waals surface area (Å²) in [7, 11) is 5.06. The fourth-order valence-electron chi connectivity index (χ4n) is 4.65. The van der Waals surface area contributed by atoms with Gasteiger partial charge in [0.05, 0.1) is 30.5 Å². The van der Waals surface area contributed by atoms with Crippen LogP contribution in [0.4, 0.5) is 10.5 Å². The van der Waals surface area contributed by atoms with E-state index in [1.54, 1.807) is 54.2 Å². The summed E-state index contributed by atoms with van der Waals surface area (Å²) in [4.78, 5) is 35.4. The molecule has 2 aromatic heterocycles. The van der Waals surface area contributed by atoms with Crippen LogP contribution in [0.5, 0.6) is 11.5 Å². The van der Waals surface area contributed by atoms with Gasteiger partial charge in [0.15, 0.2) is 11.5 Å². The van der Waals surface area contributed by atoms with E-state index < -0.39 is 0 Å². The number of benzene rings is 1. The number of nitrogens with zero attached hydrogens (tertiary/aromatic N) is 5. The molecule has 4 rings (SSSR count). The lowest BCUT2D eigenvalue weighted by Gasteiger charge is -2.36. The molecule has 3 heterocycles. The molecule has 0 atom stereocenters. The van der Waals surface area contributed by atoms with Gasteiger partial charge >= 0.3 is 6.03 Å². The average molecular weight is 542 g/mol. The Bertz CT molecular complexity index is 1290. The second-order valence-electron chi connectivity index (χ2n) is 9.69. The van der Waals surface area contributed by atoms with Crippen molar-refractivity contribution in [1.29, 1.82) is 0 Å². The summed E-state index contributed by atoms with van der Waals surface area (Å²) >= 11 is 6.62. The maximum absolute atomic E-state index is 13.6. The molecular formula is C28H36ClN5O4.